The van der Waals surface area contributed by atoms with E-state index in [9.17, 15) is 0 Å². The van der Waals surface area contributed by atoms with Crippen LogP contribution in [0.3, 0.4) is 0 Å². The quantitative estimate of drug-likeness (QED) is 0.589. The summed E-state index contributed by atoms with van der Waals surface area (Å²) >= 11 is 1.79. The highest BCUT2D eigenvalue weighted by atomic mass is 32.2. The first kappa shape index (κ1) is 12.1. The van der Waals surface area contributed by atoms with Crippen molar-refractivity contribution in [2.24, 2.45) is 0 Å². The van der Waals surface area contributed by atoms with Gasteiger partial charge >= 0.3 is 0 Å². The van der Waals surface area contributed by atoms with Crippen LogP contribution in [-0.2, 0) is 0 Å². The van der Waals surface area contributed by atoms with E-state index in [2.05, 4.69) is 73.3 Å². The zero-order valence-electron chi connectivity index (χ0n) is 10.5. The molecule has 0 atom stereocenters. The summed E-state index contributed by atoms with van der Waals surface area (Å²) in [5, 5.41) is 2.57. The highest BCUT2D eigenvalue weighted by Crippen LogP contribution is 2.30. The van der Waals surface area contributed by atoms with Crippen LogP contribution in [-0.4, -0.2) is 0 Å². The zero-order valence-corrected chi connectivity index (χ0v) is 11.4. The molecule has 0 bridgehead atoms. The first-order chi connectivity index (χ1) is 9.35. The summed E-state index contributed by atoms with van der Waals surface area (Å²) in [7, 11) is 0. The van der Waals surface area contributed by atoms with Crippen molar-refractivity contribution in [3.05, 3.63) is 78.9 Å². The van der Waals surface area contributed by atoms with Gasteiger partial charge in [0.05, 0.1) is 0 Å². The van der Waals surface area contributed by atoms with Gasteiger partial charge in [0, 0.05) is 9.79 Å². The lowest BCUT2D eigenvalue weighted by Crippen LogP contribution is -1.77. The molecule has 0 aromatic heterocycles. The molecule has 92 valence electrons. The fourth-order valence-electron chi connectivity index (χ4n) is 2.04. The van der Waals surface area contributed by atoms with Crippen LogP contribution in [0.1, 0.15) is 5.56 Å². The van der Waals surface area contributed by atoms with Gasteiger partial charge in [0.2, 0.25) is 0 Å². The molecule has 19 heavy (non-hydrogen) atoms. The molecule has 0 spiro atoms. The number of benzene rings is 3. The second kappa shape index (κ2) is 5.33. The van der Waals surface area contributed by atoms with Gasteiger partial charge in [0.25, 0.3) is 0 Å². The summed E-state index contributed by atoms with van der Waals surface area (Å²) in [5.74, 6) is 0. The Morgan fingerprint density at radius 1 is 0.737 bits per heavy atom. The average Bonchev–Trinajstić information content (AvgIpc) is 2.48. The van der Waals surface area contributed by atoms with Gasteiger partial charge in [-0.3, -0.25) is 0 Å². The minimum atomic E-state index is 1.16. The lowest BCUT2D eigenvalue weighted by molar-refractivity contribution is 1.41. The van der Waals surface area contributed by atoms with Crippen LogP contribution in [0.25, 0.3) is 16.8 Å². The molecule has 1 heteroatoms. The molecule has 0 amide bonds. The van der Waals surface area contributed by atoms with Gasteiger partial charge in [-0.25, -0.2) is 0 Å². The summed E-state index contributed by atoms with van der Waals surface area (Å²) < 4.78 is 0. The van der Waals surface area contributed by atoms with Crippen molar-refractivity contribution in [1.29, 1.82) is 0 Å². The van der Waals surface area contributed by atoms with Crippen molar-refractivity contribution in [3.63, 3.8) is 0 Å². The van der Waals surface area contributed by atoms with Gasteiger partial charge in [0.15, 0.2) is 0 Å². The maximum absolute atomic E-state index is 3.77. The zero-order chi connectivity index (χ0) is 13.1. The van der Waals surface area contributed by atoms with Crippen molar-refractivity contribution in [3.8, 4) is 0 Å². The lowest BCUT2D eigenvalue weighted by atomic mass is 10.1. The first-order valence-corrected chi connectivity index (χ1v) is 7.06. The van der Waals surface area contributed by atoms with Gasteiger partial charge in [0.1, 0.15) is 0 Å². The summed E-state index contributed by atoms with van der Waals surface area (Å²) in [6, 6.07) is 23.5. The third kappa shape index (κ3) is 2.72. The normalized spacial score (nSPS) is 10.5. The Labute approximate surface area is 117 Å². The number of rotatable bonds is 3. The Balaban J connectivity index is 1.89. The van der Waals surface area contributed by atoms with Gasteiger partial charge in [-0.1, -0.05) is 66.9 Å². The summed E-state index contributed by atoms with van der Waals surface area (Å²) in [4.78, 5) is 2.52. The molecule has 0 saturated heterocycles. The molecular weight excluding hydrogens is 248 g/mol. The fourth-order valence-corrected chi connectivity index (χ4v) is 2.91. The average molecular weight is 262 g/mol. The van der Waals surface area contributed by atoms with Crippen LogP contribution >= 0.6 is 11.8 Å². The molecule has 3 aromatic carbocycles. The molecule has 0 aliphatic carbocycles. The summed E-state index contributed by atoms with van der Waals surface area (Å²) in [6.45, 7) is 3.77. The maximum atomic E-state index is 3.77. The Bertz CT molecular complexity index is 711. The van der Waals surface area contributed by atoms with Crippen molar-refractivity contribution >= 4 is 28.6 Å². The van der Waals surface area contributed by atoms with E-state index in [1.165, 1.54) is 20.6 Å². The van der Waals surface area contributed by atoms with E-state index in [4.69, 9.17) is 0 Å². The molecule has 0 unspecified atom stereocenters. The van der Waals surface area contributed by atoms with Gasteiger partial charge in [-0.2, -0.15) is 0 Å². The number of hydrogen-bond acceptors (Lipinski definition) is 1. The van der Waals surface area contributed by atoms with Gasteiger partial charge in [-0.05, 0) is 40.6 Å². The smallest absolute Gasteiger partial charge is 0.0128 e. The van der Waals surface area contributed by atoms with Crippen molar-refractivity contribution in [2.75, 3.05) is 0 Å². The van der Waals surface area contributed by atoms with E-state index in [1.54, 1.807) is 11.8 Å². The van der Waals surface area contributed by atoms with E-state index < -0.39 is 0 Å². The van der Waals surface area contributed by atoms with E-state index >= 15 is 0 Å². The minimum Gasteiger partial charge on any atom is -0.0985 e. The molecule has 0 aliphatic heterocycles. The van der Waals surface area contributed by atoms with Crippen molar-refractivity contribution in [2.45, 2.75) is 9.79 Å². The molecule has 0 fully saturated rings. The lowest BCUT2D eigenvalue weighted by Gasteiger charge is -2.04. The standard InChI is InChI=1S/C18H14S/c1-2-14-7-10-17(11-8-14)19-18-12-9-15-5-3-4-6-16(15)13-18/h2-13H,1H2. The summed E-state index contributed by atoms with van der Waals surface area (Å²) in [6.07, 6.45) is 1.87. The predicted octanol–water partition coefficient (Wildman–Crippen LogP) is 5.63. The molecule has 0 N–H and O–H groups in total. The minimum absolute atomic E-state index is 1.16. The van der Waals surface area contributed by atoms with Crippen LogP contribution in [0.15, 0.2) is 83.1 Å². The Kier molecular flexibility index (Phi) is 3.39. The molecular formula is C18H14S. The monoisotopic (exact) mass is 262 g/mol. The molecule has 0 radical (unpaired) electrons. The van der Waals surface area contributed by atoms with E-state index in [0.29, 0.717) is 0 Å². The van der Waals surface area contributed by atoms with E-state index in [0.717, 1.165) is 5.56 Å². The van der Waals surface area contributed by atoms with Crippen molar-refractivity contribution in [1.82, 2.24) is 0 Å². The third-order valence-electron chi connectivity index (χ3n) is 3.07. The first-order valence-electron chi connectivity index (χ1n) is 6.24. The van der Waals surface area contributed by atoms with E-state index in [1.807, 2.05) is 6.08 Å². The summed E-state index contributed by atoms with van der Waals surface area (Å²) in [5.41, 5.74) is 1.16. The van der Waals surface area contributed by atoms with Crippen molar-refractivity contribution < 1.29 is 0 Å². The molecule has 0 heterocycles. The van der Waals surface area contributed by atoms with Crippen LogP contribution in [0.2, 0.25) is 0 Å². The van der Waals surface area contributed by atoms with E-state index in [-0.39, 0.29) is 0 Å². The third-order valence-corrected chi connectivity index (χ3v) is 4.07. The van der Waals surface area contributed by atoms with Crippen LogP contribution in [0, 0.1) is 0 Å². The van der Waals surface area contributed by atoms with Crippen LogP contribution < -0.4 is 0 Å². The largest absolute Gasteiger partial charge is 0.0985 e. The highest BCUT2D eigenvalue weighted by molar-refractivity contribution is 7.99. The second-order valence-electron chi connectivity index (χ2n) is 4.38. The molecule has 0 aliphatic rings. The van der Waals surface area contributed by atoms with Crippen LogP contribution in [0.5, 0.6) is 0 Å². The Morgan fingerprint density at radius 2 is 1.42 bits per heavy atom. The second-order valence-corrected chi connectivity index (χ2v) is 5.53. The predicted molar refractivity (Wildman–Crippen MR) is 84.6 cm³/mol. The van der Waals surface area contributed by atoms with Crippen LogP contribution in [0.4, 0.5) is 0 Å². The molecule has 3 aromatic rings. The number of fused-ring (bicyclic) bond motifs is 1. The molecule has 0 nitrogen and oxygen atoms in total. The molecule has 3 rings (SSSR count). The highest BCUT2D eigenvalue weighted by Gasteiger charge is 1.99. The fraction of sp³-hybridized carbons (Fsp3) is 0. The van der Waals surface area contributed by atoms with Gasteiger partial charge in [-0.15, -0.1) is 0 Å². The Morgan fingerprint density at radius 3 is 2.16 bits per heavy atom. The number of hydrogen-bond donors (Lipinski definition) is 0. The maximum Gasteiger partial charge on any atom is 0.0128 e. The SMILES string of the molecule is C=Cc1ccc(Sc2ccc3ccccc3c2)cc1. The molecule has 0 saturated carbocycles. The van der Waals surface area contributed by atoms with Gasteiger partial charge < -0.3 is 0 Å². The topological polar surface area (TPSA) is 0 Å². The Hall–Kier alpha value is -1.99.